The lowest BCUT2D eigenvalue weighted by molar-refractivity contribution is 0.224. The average Bonchev–Trinajstić information content (AvgIpc) is 2.76. The minimum absolute atomic E-state index is 0.0639. The monoisotopic (exact) mass is 451 g/mol. The predicted molar refractivity (Wildman–Crippen MR) is 125 cm³/mol. The van der Waals surface area contributed by atoms with Gasteiger partial charge in [0.05, 0.1) is 29.6 Å². The van der Waals surface area contributed by atoms with Crippen LogP contribution in [0.3, 0.4) is 0 Å². The first-order valence-electron chi connectivity index (χ1n) is 9.94. The third-order valence-corrected chi connectivity index (χ3v) is 4.43. The molecule has 2 aromatic carbocycles. The van der Waals surface area contributed by atoms with Gasteiger partial charge in [0.15, 0.2) is 11.5 Å². The van der Waals surface area contributed by atoms with E-state index in [1.807, 2.05) is 32.9 Å². The zero-order valence-corrected chi connectivity index (χ0v) is 18.6. The lowest BCUT2D eigenvalue weighted by atomic mass is 10.1. The number of hydrogen-bond acceptors (Lipinski definition) is 7. The molecule has 9 heteroatoms. The smallest absolute Gasteiger partial charge is 0.270 e. The Morgan fingerprint density at radius 2 is 2.06 bits per heavy atom. The summed E-state index contributed by atoms with van der Waals surface area (Å²) in [7, 11) is 0. The fraction of sp³-hybridized carbons (Fsp3) is 0.217. The van der Waals surface area contributed by atoms with Gasteiger partial charge < -0.3 is 9.47 Å². The van der Waals surface area contributed by atoms with Gasteiger partial charge in [0.2, 0.25) is 5.95 Å². The molecule has 0 spiro atoms. The van der Waals surface area contributed by atoms with Gasteiger partial charge in [0, 0.05) is 5.56 Å². The Labute approximate surface area is 190 Å². The van der Waals surface area contributed by atoms with Crippen LogP contribution in [-0.4, -0.2) is 28.9 Å². The van der Waals surface area contributed by atoms with E-state index in [4.69, 9.17) is 21.1 Å². The van der Waals surface area contributed by atoms with Gasteiger partial charge in [0.1, 0.15) is 11.6 Å². The SMILES string of the molecule is CCOc1cc(C=NNc2nc(-c3ccccc3)c(C#N)c(=O)[nH]2)cc(Cl)c1OC(C)C. The van der Waals surface area contributed by atoms with Crippen molar-refractivity contribution < 1.29 is 9.47 Å². The van der Waals surface area contributed by atoms with Crippen molar-refractivity contribution in [3.63, 3.8) is 0 Å². The maximum atomic E-state index is 12.3. The summed E-state index contributed by atoms with van der Waals surface area (Å²) in [6, 6.07) is 14.3. The lowest BCUT2D eigenvalue weighted by Gasteiger charge is -2.16. The molecule has 1 aromatic heterocycles. The number of benzene rings is 2. The molecule has 2 N–H and O–H groups in total. The third-order valence-electron chi connectivity index (χ3n) is 4.15. The van der Waals surface area contributed by atoms with E-state index in [1.165, 1.54) is 6.21 Å². The number of nitriles is 1. The van der Waals surface area contributed by atoms with Crippen LogP contribution >= 0.6 is 11.6 Å². The van der Waals surface area contributed by atoms with Crippen LogP contribution in [0.25, 0.3) is 11.3 Å². The molecule has 0 fully saturated rings. The molecule has 0 amide bonds. The molecule has 0 aliphatic heterocycles. The Bertz CT molecular complexity index is 1220. The van der Waals surface area contributed by atoms with E-state index >= 15 is 0 Å². The standard InChI is InChI=1S/C23H22ClN5O3/c1-4-31-19-11-15(10-18(24)21(19)32-14(2)3)13-26-29-23-27-20(16-8-6-5-7-9-16)17(12-25)22(30)28-23/h5-11,13-14H,4H2,1-3H3,(H2,27,28,29,30). The highest BCUT2D eigenvalue weighted by Crippen LogP contribution is 2.37. The quantitative estimate of drug-likeness (QED) is 0.382. The van der Waals surface area contributed by atoms with E-state index in [9.17, 15) is 10.1 Å². The fourth-order valence-electron chi connectivity index (χ4n) is 2.88. The van der Waals surface area contributed by atoms with Crippen LogP contribution in [0, 0.1) is 11.3 Å². The summed E-state index contributed by atoms with van der Waals surface area (Å²) in [5.41, 5.74) is 3.64. The van der Waals surface area contributed by atoms with E-state index in [1.54, 1.807) is 36.4 Å². The number of nitrogens with one attached hydrogen (secondary N) is 2. The second-order valence-corrected chi connectivity index (χ2v) is 7.32. The zero-order chi connectivity index (χ0) is 23.1. The molecule has 0 radical (unpaired) electrons. The molecule has 0 atom stereocenters. The third kappa shape index (κ3) is 5.45. The second-order valence-electron chi connectivity index (χ2n) is 6.92. The average molecular weight is 452 g/mol. The Hall–Kier alpha value is -3.83. The number of rotatable bonds is 8. The predicted octanol–water partition coefficient (Wildman–Crippen LogP) is 4.59. The first-order chi connectivity index (χ1) is 15.4. The van der Waals surface area contributed by atoms with Gasteiger partial charge >= 0.3 is 0 Å². The van der Waals surface area contributed by atoms with Crippen LogP contribution in [0.4, 0.5) is 5.95 Å². The van der Waals surface area contributed by atoms with Crippen molar-refractivity contribution in [2.45, 2.75) is 26.9 Å². The van der Waals surface area contributed by atoms with Crippen molar-refractivity contribution in [3.8, 4) is 28.8 Å². The molecule has 3 rings (SSSR count). The summed E-state index contributed by atoms with van der Waals surface area (Å²) in [5.74, 6) is 1.07. The molecular formula is C23H22ClN5O3. The Balaban J connectivity index is 1.88. The number of aromatic amines is 1. The maximum Gasteiger partial charge on any atom is 0.270 e. The van der Waals surface area contributed by atoms with Gasteiger partial charge in [-0.05, 0) is 38.5 Å². The molecule has 0 bridgehead atoms. The van der Waals surface area contributed by atoms with Crippen molar-refractivity contribution in [1.29, 1.82) is 5.26 Å². The summed E-state index contributed by atoms with van der Waals surface area (Å²) in [5, 5.41) is 13.9. The van der Waals surface area contributed by atoms with Crippen molar-refractivity contribution >= 4 is 23.8 Å². The molecule has 1 heterocycles. The molecule has 0 saturated carbocycles. The molecule has 0 saturated heterocycles. The highest BCUT2D eigenvalue weighted by Gasteiger charge is 2.14. The molecule has 8 nitrogen and oxygen atoms in total. The van der Waals surface area contributed by atoms with Crippen LogP contribution in [0.15, 0.2) is 52.4 Å². The van der Waals surface area contributed by atoms with Crippen molar-refractivity contribution in [2.24, 2.45) is 5.10 Å². The number of nitrogens with zero attached hydrogens (tertiary/aromatic N) is 3. The van der Waals surface area contributed by atoms with Crippen LogP contribution in [-0.2, 0) is 0 Å². The number of hydrazone groups is 1. The van der Waals surface area contributed by atoms with E-state index in [0.717, 1.165) is 0 Å². The van der Waals surface area contributed by atoms with Gasteiger partial charge in [-0.25, -0.2) is 10.4 Å². The molecule has 0 unspecified atom stereocenters. The van der Waals surface area contributed by atoms with Crippen LogP contribution < -0.4 is 20.5 Å². The summed E-state index contributed by atoms with van der Waals surface area (Å²) >= 11 is 6.38. The number of anilines is 1. The minimum atomic E-state index is -0.559. The molecule has 164 valence electrons. The molecule has 0 aliphatic rings. The Morgan fingerprint density at radius 3 is 2.72 bits per heavy atom. The van der Waals surface area contributed by atoms with Gasteiger partial charge in [-0.15, -0.1) is 0 Å². The largest absolute Gasteiger partial charge is 0.490 e. The number of halogens is 1. The highest BCUT2D eigenvalue weighted by molar-refractivity contribution is 6.32. The summed E-state index contributed by atoms with van der Waals surface area (Å²) < 4.78 is 11.4. The maximum absolute atomic E-state index is 12.3. The van der Waals surface area contributed by atoms with Crippen LogP contribution in [0.1, 0.15) is 31.9 Å². The van der Waals surface area contributed by atoms with Crippen molar-refractivity contribution in [2.75, 3.05) is 12.0 Å². The summed E-state index contributed by atoms with van der Waals surface area (Å²) in [6.45, 7) is 6.12. The second kappa shape index (κ2) is 10.5. The highest BCUT2D eigenvalue weighted by atomic mass is 35.5. The summed E-state index contributed by atoms with van der Waals surface area (Å²) in [4.78, 5) is 19.2. The molecule has 3 aromatic rings. The molecule has 32 heavy (non-hydrogen) atoms. The molecule has 0 aliphatic carbocycles. The first kappa shape index (κ1) is 22.8. The number of aromatic nitrogens is 2. The lowest BCUT2D eigenvalue weighted by Crippen LogP contribution is -2.16. The first-order valence-corrected chi connectivity index (χ1v) is 10.3. The minimum Gasteiger partial charge on any atom is -0.490 e. The van der Waals surface area contributed by atoms with E-state index in [-0.39, 0.29) is 23.3 Å². The zero-order valence-electron chi connectivity index (χ0n) is 17.8. The van der Waals surface area contributed by atoms with Gasteiger partial charge in [-0.3, -0.25) is 9.78 Å². The number of H-pyrrole nitrogens is 1. The number of hydrogen-bond donors (Lipinski definition) is 2. The summed E-state index contributed by atoms with van der Waals surface area (Å²) in [6.07, 6.45) is 1.44. The van der Waals surface area contributed by atoms with E-state index < -0.39 is 5.56 Å². The van der Waals surface area contributed by atoms with Crippen molar-refractivity contribution in [3.05, 3.63) is 69.0 Å². The normalized spacial score (nSPS) is 10.9. The Kier molecular flexibility index (Phi) is 7.47. The van der Waals surface area contributed by atoms with Crippen LogP contribution in [0.2, 0.25) is 5.02 Å². The van der Waals surface area contributed by atoms with E-state index in [0.29, 0.717) is 34.3 Å². The van der Waals surface area contributed by atoms with Gasteiger partial charge in [-0.2, -0.15) is 10.4 Å². The molecular weight excluding hydrogens is 430 g/mol. The van der Waals surface area contributed by atoms with E-state index in [2.05, 4.69) is 20.5 Å². The van der Waals surface area contributed by atoms with Crippen LogP contribution in [0.5, 0.6) is 11.5 Å². The Morgan fingerprint density at radius 1 is 1.31 bits per heavy atom. The fourth-order valence-corrected chi connectivity index (χ4v) is 3.14. The topological polar surface area (TPSA) is 112 Å². The van der Waals surface area contributed by atoms with Crippen molar-refractivity contribution in [1.82, 2.24) is 9.97 Å². The number of ether oxygens (including phenoxy) is 2. The van der Waals surface area contributed by atoms with Gasteiger partial charge in [0.25, 0.3) is 5.56 Å². The van der Waals surface area contributed by atoms with Gasteiger partial charge in [-0.1, -0.05) is 41.9 Å².